The van der Waals surface area contributed by atoms with Crippen LogP contribution in [0.3, 0.4) is 0 Å². The Morgan fingerprint density at radius 2 is 1.55 bits per heavy atom. The van der Waals surface area contributed by atoms with E-state index in [-0.39, 0.29) is 24.8 Å². The molecule has 0 bridgehead atoms. The molecule has 0 aliphatic rings. The Labute approximate surface area is 206 Å². The Morgan fingerprint density at radius 3 is 2.24 bits per heavy atom. The van der Waals surface area contributed by atoms with E-state index in [4.69, 9.17) is 0 Å². The SMILES string of the molecule is CNc1cccnc1Nc1ccccc1.C[n+]1cn(-c2ccccc2)c2[nH+]cccc21.[Cl-].[Cl-]. The number of hydrogen-bond donors (Lipinski definition) is 2. The number of aryl methyl sites for hydroxylation is 1. The van der Waals surface area contributed by atoms with Gasteiger partial charge in [0.25, 0.3) is 6.33 Å². The Hall–Kier alpha value is -3.61. The van der Waals surface area contributed by atoms with Crippen molar-refractivity contribution in [2.45, 2.75) is 0 Å². The summed E-state index contributed by atoms with van der Waals surface area (Å²) < 4.78 is 4.26. The summed E-state index contributed by atoms with van der Waals surface area (Å²) in [6, 6.07) is 28.3. The standard InChI is InChI=1S/C13H12N3.C12H13N3.2ClH/c1-15-10-16(11-6-3-2-4-7-11)13-12(15)8-5-9-14-13;1-13-11-8-5-9-14-12(11)15-10-6-3-2-4-7-10;;/h2-10H,1H3;2-9,13H,1H3,(H,14,15);2*1H/q+1;;;/p-1. The van der Waals surface area contributed by atoms with Crippen molar-refractivity contribution >= 4 is 28.4 Å². The van der Waals surface area contributed by atoms with Gasteiger partial charge in [0, 0.05) is 18.9 Å². The van der Waals surface area contributed by atoms with E-state index in [1.54, 1.807) is 6.20 Å². The third kappa shape index (κ3) is 6.22. The molecule has 2 aromatic carbocycles. The Kier molecular flexibility index (Phi) is 9.66. The van der Waals surface area contributed by atoms with E-state index in [9.17, 15) is 0 Å². The number of nitrogens with one attached hydrogen (secondary N) is 3. The van der Waals surface area contributed by atoms with Gasteiger partial charge >= 0.3 is 5.65 Å². The Balaban J connectivity index is 0.000000221. The van der Waals surface area contributed by atoms with Gasteiger partial charge in [-0.1, -0.05) is 36.4 Å². The number of fused-ring (bicyclic) bond motifs is 1. The molecule has 0 fully saturated rings. The fourth-order valence-electron chi connectivity index (χ4n) is 3.34. The molecule has 0 spiro atoms. The average Bonchev–Trinajstić information content (AvgIpc) is 3.18. The molecular weight excluding hydrogens is 455 g/mol. The number of para-hydroxylation sites is 2. The van der Waals surface area contributed by atoms with E-state index < -0.39 is 0 Å². The number of benzene rings is 2. The van der Waals surface area contributed by atoms with Gasteiger partial charge in [0.1, 0.15) is 5.69 Å². The second kappa shape index (κ2) is 12.4. The number of hydrogen-bond acceptors (Lipinski definition) is 3. The highest BCUT2D eigenvalue weighted by Crippen LogP contribution is 2.21. The maximum Gasteiger partial charge on any atom is 0.335 e. The minimum atomic E-state index is 0. The van der Waals surface area contributed by atoms with E-state index in [0.717, 1.165) is 28.5 Å². The normalized spacial score (nSPS) is 9.64. The smallest absolute Gasteiger partial charge is 0.335 e. The van der Waals surface area contributed by atoms with Crippen LogP contribution in [0.1, 0.15) is 0 Å². The molecule has 3 aromatic heterocycles. The first-order valence-electron chi connectivity index (χ1n) is 10.1. The van der Waals surface area contributed by atoms with Crippen LogP contribution in [0.5, 0.6) is 0 Å². The van der Waals surface area contributed by atoms with E-state index in [0.29, 0.717) is 0 Å². The van der Waals surface area contributed by atoms with Crippen molar-refractivity contribution in [3.05, 3.63) is 104 Å². The first-order valence-corrected chi connectivity index (χ1v) is 10.1. The summed E-state index contributed by atoms with van der Waals surface area (Å²) in [7, 11) is 3.93. The molecule has 0 saturated heterocycles. The summed E-state index contributed by atoms with van der Waals surface area (Å²) in [6.07, 6.45) is 5.80. The van der Waals surface area contributed by atoms with Gasteiger partial charge in [-0.15, -0.1) is 0 Å². The molecule has 3 heterocycles. The molecule has 0 unspecified atom stereocenters. The quantitative estimate of drug-likeness (QED) is 0.297. The van der Waals surface area contributed by atoms with Gasteiger partial charge in [-0.25, -0.2) is 14.5 Å². The summed E-state index contributed by atoms with van der Waals surface area (Å²) >= 11 is 0. The Bertz CT molecular complexity index is 1260. The lowest BCUT2D eigenvalue weighted by Gasteiger charge is -2.09. The molecular formula is C25H26Cl2N6. The summed E-state index contributed by atoms with van der Waals surface area (Å²) in [6.45, 7) is 0. The van der Waals surface area contributed by atoms with Crippen molar-refractivity contribution in [1.29, 1.82) is 0 Å². The van der Waals surface area contributed by atoms with Gasteiger partial charge in [-0.3, -0.25) is 0 Å². The van der Waals surface area contributed by atoms with Crippen molar-refractivity contribution in [3.63, 3.8) is 0 Å². The van der Waals surface area contributed by atoms with Crippen molar-refractivity contribution < 1.29 is 34.4 Å². The number of aromatic nitrogens is 4. The highest BCUT2D eigenvalue weighted by Gasteiger charge is 2.16. The topological polar surface area (TPSA) is 59.9 Å². The number of H-pyrrole nitrogens is 1. The molecule has 170 valence electrons. The highest BCUT2D eigenvalue weighted by atomic mass is 35.5. The molecule has 0 amide bonds. The van der Waals surface area contributed by atoms with E-state index in [1.807, 2.05) is 80.0 Å². The third-order valence-electron chi connectivity index (χ3n) is 4.87. The second-order valence-corrected chi connectivity index (χ2v) is 6.98. The van der Waals surface area contributed by atoms with Crippen LogP contribution in [0.15, 0.2) is 104 Å². The van der Waals surface area contributed by atoms with Gasteiger partial charge in [-0.05, 0) is 48.5 Å². The lowest BCUT2D eigenvalue weighted by Crippen LogP contribution is -3.00. The maximum atomic E-state index is 4.27. The maximum absolute atomic E-state index is 4.27. The number of imidazole rings is 1. The van der Waals surface area contributed by atoms with Crippen molar-refractivity contribution in [2.24, 2.45) is 7.05 Å². The molecule has 0 atom stereocenters. The highest BCUT2D eigenvalue weighted by molar-refractivity contribution is 5.70. The van der Waals surface area contributed by atoms with Crippen molar-refractivity contribution in [3.8, 4) is 5.69 Å². The fourth-order valence-corrected chi connectivity index (χ4v) is 3.34. The molecule has 33 heavy (non-hydrogen) atoms. The molecule has 0 aliphatic carbocycles. The molecule has 8 heteroatoms. The molecule has 5 aromatic rings. The minimum Gasteiger partial charge on any atom is -1.00 e. The Morgan fingerprint density at radius 1 is 0.848 bits per heavy atom. The molecule has 0 saturated carbocycles. The van der Waals surface area contributed by atoms with Crippen molar-refractivity contribution in [1.82, 2.24) is 9.55 Å². The fraction of sp³-hybridized carbons (Fsp3) is 0.0800. The number of halogens is 2. The number of anilines is 3. The minimum absolute atomic E-state index is 0. The van der Waals surface area contributed by atoms with Crippen LogP contribution in [-0.2, 0) is 7.05 Å². The molecule has 6 nitrogen and oxygen atoms in total. The van der Waals surface area contributed by atoms with Crippen LogP contribution in [0.2, 0.25) is 0 Å². The van der Waals surface area contributed by atoms with Gasteiger partial charge in [-0.2, -0.15) is 4.57 Å². The largest absolute Gasteiger partial charge is 1.00 e. The van der Waals surface area contributed by atoms with Crippen LogP contribution < -0.4 is 45.0 Å². The van der Waals surface area contributed by atoms with Crippen LogP contribution in [0.4, 0.5) is 17.2 Å². The zero-order valence-electron chi connectivity index (χ0n) is 18.4. The van der Waals surface area contributed by atoms with E-state index in [1.165, 1.54) is 5.52 Å². The molecule has 3 N–H and O–H groups in total. The van der Waals surface area contributed by atoms with E-state index >= 15 is 0 Å². The number of pyridine rings is 2. The van der Waals surface area contributed by atoms with Gasteiger partial charge in [0.2, 0.25) is 5.52 Å². The van der Waals surface area contributed by atoms with Crippen LogP contribution >= 0.6 is 0 Å². The predicted octanol–water partition coefficient (Wildman–Crippen LogP) is -1.86. The number of rotatable bonds is 4. The van der Waals surface area contributed by atoms with Gasteiger partial charge in [0.05, 0.1) is 18.9 Å². The summed E-state index contributed by atoms with van der Waals surface area (Å²) in [5.41, 5.74) is 5.48. The number of aromatic amines is 1. The summed E-state index contributed by atoms with van der Waals surface area (Å²) in [4.78, 5) is 7.55. The third-order valence-corrected chi connectivity index (χ3v) is 4.87. The first-order chi connectivity index (χ1) is 15.3. The predicted molar refractivity (Wildman–Crippen MR) is 125 cm³/mol. The van der Waals surface area contributed by atoms with Crippen LogP contribution in [0.25, 0.3) is 16.9 Å². The first kappa shape index (κ1) is 25.6. The molecule has 5 rings (SSSR count). The number of nitrogens with zero attached hydrogens (tertiary/aromatic N) is 3. The molecule has 0 aliphatic heterocycles. The molecule has 0 radical (unpaired) electrons. The lowest BCUT2D eigenvalue weighted by atomic mass is 10.3. The van der Waals surface area contributed by atoms with Crippen LogP contribution in [-0.4, -0.2) is 16.6 Å². The zero-order valence-corrected chi connectivity index (χ0v) is 19.9. The summed E-state index contributed by atoms with van der Waals surface area (Å²) in [5, 5.41) is 6.34. The van der Waals surface area contributed by atoms with Crippen molar-refractivity contribution in [2.75, 3.05) is 17.7 Å². The second-order valence-electron chi connectivity index (χ2n) is 6.98. The van der Waals surface area contributed by atoms with Gasteiger partial charge in [0.15, 0.2) is 5.82 Å². The van der Waals surface area contributed by atoms with Gasteiger partial charge < -0.3 is 35.4 Å². The lowest BCUT2D eigenvalue weighted by molar-refractivity contribution is -0.646. The monoisotopic (exact) mass is 480 g/mol. The van der Waals surface area contributed by atoms with E-state index in [2.05, 4.69) is 61.3 Å². The zero-order chi connectivity index (χ0) is 21.5. The van der Waals surface area contributed by atoms with Crippen LogP contribution in [0, 0.1) is 0 Å². The summed E-state index contributed by atoms with van der Waals surface area (Å²) in [5.74, 6) is 0.839. The average molecular weight is 481 g/mol.